The van der Waals surface area contributed by atoms with Crippen LogP contribution in [0.15, 0.2) is 46.4 Å². The number of ether oxygens (including phenoxy) is 1. The largest absolute Gasteiger partial charge is 0.504 e. The standard InChI is InChI=1S/C21H26IN3O5S/c1-13(2)9-18(25-31(28,29)16-7-5-14(3)6-8-16)21(27)24-23-12-15-10-17(22)20(26)19(11-15)30-4/h5-8,10-13,18,25-26H,9H2,1-4H3,(H,24,27)/b23-12-/t18-/m0/s1. The molecule has 0 saturated heterocycles. The molecule has 8 nitrogen and oxygen atoms in total. The van der Waals surface area contributed by atoms with E-state index < -0.39 is 22.0 Å². The average Bonchev–Trinajstić information content (AvgIpc) is 2.69. The van der Waals surface area contributed by atoms with Gasteiger partial charge in [-0.1, -0.05) is 31.5 Å². The van der Waals surface area contributed by atoms with Crippen molar-refractivity contribution in [2.75, 3.05) is 7.11 Å². The molecule has 0 aliphatic rings. The second-order valence-electron chi connectivity index (χ2n) is 7.40. The summed E-state index contributed by atoms with van der Waals surface area (Å²) in [6.07, 6.45) is 1.69. The summed E-state index contributed by atoms with van der Waals surface area (Å²) in [7, 11) is -2.44. The molecule has 0 aliphatic carbocycles. The lowest BCUT2D eigenvalue weighted by Gasteiger charge is -2.19. The minimum absolute atomic E-state index is 0.0202. The summed E-state index contributed by atoms with van der Waals surface area (Å²) < 4.78 is 33.6. The Hall–Kier alpha value is -2.18. The maximum Gasteiger partial charge on any atom is 0.258 e. The van der Waals surface area contributed by atoms with Crippen LogP contribution in [0.1, 0.15) is 31.4 Å². The number of hydrazone groups is 1. The Labute approximate surface area is 196 Å². The summed E-state index contributed by atoms with van der Waals surface area (Å²) in [5, 5.41) is 13.8. The van der Waals surface area contributed by atoms with Gasteiger partial charge in [0.15, 0.2) is 11.5 Å². The normalized spacial score (nSPS) is 12.8. The van der Waals surface area contributed by atoms with Gasteiger partial charge in [-0.25, -0.2) is 13.8 Å². The number of methoxy groups -OCH3 is 1. The minimum atomic E-state index is -3.87. The second kappa shape index (κ2) is 10.9. The molecule has 0 saturated carbocycles. The number of aryl methyl sites for hydroxylation is 1. The van der Waals surface area contributed by atoms with Crippen LogP contribution in [-0.2, 0) is 14.8 Å². The van der Waals surface area contributed by atoms with Gasteiger partial charge in [-0.3, -0.25) is 4.79 Å². The number of halogens is 1. The number of benzene rings is 2. The van der Waals surface area contributed by atoms with Gasteiger partial charge < -0.3 is 9.84 Å². The van der Waals surface area contributed by atoms with Crippen molar-refractivity contribution >= 4 is 44.7 Å². The quantitative estimate of drug-likeness (QED) is 0.248. The highest BCUT2D eigenvalue weighted by molar-refractivity contribution is 14.1. The number of hydrogen-bond acceptors (Lipinski definition) is 6. The first kappa shape index (κ1) is 25.1. The predicted molar refractivity (Wildman–Crippen MR) is 128 cm³/mol. The van der Waals surface area contributed by atoms with Crippen molar-refractivity contribution in [1.29, 1.82) is 0 Å². The van der Waals surface area contributed by atoms with Crippen LogP contribution in [0.4, 0.5) is 0 Å². The molecule has 0 radical (unpaired) electrons. The number of phenolic OH excluding ortho intramolecular Hbond substituents is 1. The second-order valence-corrected chi connectivity index (χ2v) is 10.3. The fourth-order valence-corrected chi connectivity index (χ4v) is 4.56. The Balaban J connectivity index is 2.15. The lowest BCUT2D eigenvalue weighted by Crippen LogP contribution is -2.46. The van der Waals surface area contributed by atoms with E-state index in [4.69, 9.17) is 4.74 Å². The molecular weight excluding hydrogens is 533 g/mol. The molecule has 10 heteroatoms. The number of rotatable bonds is 9. The Morgan fingerprint density at radius 3 is 2.48 bits per heavy atom. The molecule has 3 N–H and O–H groups in total. The molecule has 0 heterocycles. The van der Waals surface area contributed by atoms with Gasteiger partial charge in [-0.05, 0) is 71.7 Å². The van der Waals surface area contributed by atoms with E-state index in [2.05, 4.69) is 15.2 Å². The number of nitrogens with zero attached hydrogens (tertiary/aromatic N) is 1. The summed E-state index contributed by atoms with van der Waals surface area (Å²) >= 11 is 1.95. The van der Waals surface area contributed by atoms with Crippen LogP contribution in [0.25, 0.3) is 0 Å². The Kier molecular flexibility index (Phi) is 8.83. The zero-order chi connectivity index (χ0) is 23.2. The molecule has 1 atom stereocenters. The first-order valence-electron chi connectivity index (χ1n) is 9.52. The maximum absolute atomic E-state index is 12.7. The van der Waals surface area contributed by atoms with Crippen LogP contribution in [0.5, 0.6) is 11.5 Å². The van der Waals surface area contributed by atoms with Gasteiger partial charge in [0, 0.05) is 0 Å². The van der Waals surface area contributed by atoms with Crippen LogP contribution < -0.4 is 14.9 Å². The summed E-state index contributed by atoms with van der Waals surface area (Å²) in [6, 6.07) is 8.64. The highest BCUT2D eigenvalue weighted by atomic mass is 127. The fraction of sp³-hybridized carbons (Fsp3) is 0.333. The Bertz CT molecular complexity index is 1050. The lowest BCUT2D eigenvalue weighted by atomic mass is 10.0. The Morgan fingerprint density at radius 2 is 1.90 bits per heavy atom. The highest BCUT2D eigenvalue weighted by Crippen LogP contribution is 2.31. The number of carbonyl (C=O) groups excluding carboxylic acids is 1. The molecule has 0 aromatic heterocycles. The SMILES string of the molecule is COc1cc(/C=N\NC(=O)[C@H](CC(C)C)NS(=O)(=O)c2ccc(C)cc2)cc(I)c1O. The Morgan fingerprint density at radius 1 is 1.26 bits per heavy atom. The van der Waals surface area contributed by atoms with Crippen molar-refractivity contribution in [3.63, 3.8) is 0 Å². The van der Waals surface area contributed by atoms with E-state index in [0.717, 1.165) is 5.56 Å². The third-order valence-corrected chi connectivity index (χ3v) is 6.62. The number of nitrogens with one attached hydrogen (secondary N) is 2. The zero-order valence-electron chi connectivity index (χ0n) is 17.7. The average molecular weight is 559 g/mol. The van der Waals surface area contributed by atoms with Crippen molar-refractivity contribution < 1.29 is 23.1 Å². The van der Waals surface area contributed by atoms with E-state index in [1.54, 1.807) is 24.3 Å². The van der Waals surface area contributed by atoms with E-state index in [1.807, 2.05) is 43.4 Å². The van der Waals surface area contributed by atoms with Crippen LogP contribution in [0.2, 0.25) is 0 Å². The minimum Gasteiger partial charge on any atom is -0.504 e. The van der Waals surface area contributed by atoms with Gasteiger partial charge in [0.1, 0.15) is 6.04 Å². The van der Waals surface area contributed by atoms with Crippen LogP contribution >= 0.6 is 22.6 Å². The molecule has 0 spiro atoms. The molecule has 2 aromatic rings. The lowest BCUT2D eigenvalue weighted by molar-refractivity contribution is -0.123. The van der Waals surface area contributed by atoms with Gasteiger partial charge >= 0.3 is 0 Å². The topological polar surface area (TPSA) is 117 Å². The zero-order valence-corrected chi connectivity index (χ0v) is 20.7. The highest BCUT2D eigenvalue weighted by Gasteiger charge is 2.26. The molecule has 2 rings (SSSR count). The number of carbonyl (C=O) groups is 1. The van der Waals surface area contributed by atoms with Crippen molar-refractivity contribution in [2.24, 2.45) is 11.0 Å². The molecule has 0 bridgehead atoms. The molecule has 1 amide bonds. The van der Waals surface area contributed by atoms with Crippen LogP contribution in [0, 0.1) is 16.4 Å². The number of amides is 1. The summed E-state index contributed by atoms with van der Waals surface area (Å²) in [5.41, 5.74) is 3.92. The molecule has 0 aliphatic heterocycles. The molecule has 2 aromatic carbocycles. The van der Waals surface area contributed by atoms with Crippen molar-refractivity contribution in [1.82, 2.24) is 10.1 Å². The monoisotopic (exact) mass is 559 g/mol. The van der Waals surface area contributed by atoms with Gasteiger partial charge in [0.05, 0.1) is 21.8 Å². The fourth-order valence-electron chi connectivity index (χ4n) is 2.73. The number of sulfonamides is 1. The van der Waals surface area contributed by atoms with Gasteiger partial charge in [-0.2, -0.15) is 9.82 Å². The number of aromatic hydroxyl groups is 1. The van der Waals surface area contributed by atoms with Crippen molar-refractivity contribution in [3.05, 3.63) is 51.1 Å². The predicted octanol–water partition coefficient (Wildman–Crippen LogP) is 3.16. The molecule has 31 heavy (non-hydrogen) atoms. The molecule has 168 valence electrons. The van der Waals surface area contributed by atoms with E-state index in [-0.39, 0.29) is 22.3 Å². The van der Waals surface area contributed by atoms with E-state index in [1.165, 1.54) is 25.5 Å². The molecule has 0 fully saturated rings. The van der Waals surface area contributed by atoms with E-state index >= 15 is 0 Å². The molecule has 0 unspecified atom stereocenters. The van der Waals surface area contributed by atoms with Gasteiger partial charge in [-0.15, -0.1) is 0 Å². The first-order valence-corrected chi connectivity index (χ1v) is 12.1. The number of phenols is 1. The summed E-state index contributed by atoms with van der Waals surface area (Å²) in [5.74, 6) is -0.195. The van der Waals surface area contributed by atoms with Gasteiger partial charge in [0.2, 0.25) is 10.0 Å². The van der Waals surface area contributed by atoms with Crippen molar-refractivity contribution in [3.8, 4) is 11.5 Å². The van der Waals surface area contributed by atoms with E-state index in [9.17, 15) is 18.3 Å². The third-order valence-electron chi connectivity index (χ3n) is 4.31. The summed E-state index contributed by atoms with van der Waals surface area (Å²) in [6.45, 7) is 5.66. The van der Waals surface area contributed by atoms with Crippen molar-refractivity contribution in [2.45, 2.75) is 38.1 Å². The van der Waals surface area contributed by atoms with Gasteiger partial charge in [0.25, 0.3) is 5.91 Å². The van der Waals surface area contributed by atoms with Crippen LogP contribution in [-0.4, -0.2) is 38.8 Å². The van der Waals surface area contributed by atoms with Crippen LogP contribution in [0.3, 0.4) is 0 Å². The third kappa shape index (κ3) is 7.18. The smallest absolute Gasteiger partial charge is 0.258 e. The maximum atomic E-state index is 12.7. The first-order chi connectivity index (χ1) is 14.5. The van der Waals surface area contributed by atoms with E-state index in [0.29, 0.717) is 15.6 Å². The number of hydrogen-bond donors (Lipinski definition) is 3. The molecular formula is C21H26IN3O5S. The summed E-state index contributed by atoms with van der Waals surface area (Å²) in [4.78, 5) is 12.7.